The molecule has 3 N–H and O–H groups in total. The molecule has 5 heteroatoms. The fraction of sp³-hybridized carbons (Fsp3) is 0.533. The summed E-state index contributed by atoms with van der Waals surface area (Å²) in [6, 6.07) is 7.53. The summed E-state index contributed by atoms with van der Waals surface area (Å²) in [4.78, 5) is 13.8. The Kier molecular flexibility index (Phi) is 7.04. The smallest absolute Gasteiger partial charge is 0.319 e. The van der Waals surface area contributed by atoms with Gasteiger partial charge >= 0.3 is 6.03 Å². The molecule has 0 spiro atoms. The topological polar surface area (TPSA) is 64.6 Å². The number of anilines is 1. The van der Waals surface area contributed by atoms with Crippen molar-refractivity contribution in [3.05, 3.63) is 29.8 Å². The molecule has 0 aliphatic heterocycles. The summed E-state index contributed by atoms with van der Waals surface area (Å²) < 4.78 is 0. The van der Waals surface area contributed by atoms with E-state index in [2.05, 4.69) is 15.5 Å². The van der Waals surface area contributed by atoms with Gasteiger partial charge in [0.05, 0.1) is 6.10 Å². The first-order chi connectivity index (χ1) is 9.51. The molecule has 5 nitrogen and oxygen atoms in total. The van der Waals surface area contributed by atoms with Crippen LogP contribution >= 0.6 is 0 Å². The predicted molar refractivity (Wildman–Crippen MR) is 81.8 cm³/mol. The van der Waals surface area contributed by atoms with Gasteiger partial charge in [0.1, 0.15) is 0 Å². The fourth-order valence-corrected chi connectivity index (χ4v) is 1.84. The Labute approximate surface area is 121 Å². The van der Waals surface area contributed by atoms with Crippen LogP contribution in [-0.4, -0.2) is 42.8 Å². The maximum Gasteiger partial charge on any atom is 0.319 e. The van der Waals surface area contributed by atoms with Gasteiger partial charge in [-0.15, -0.1) is 0 Å². The van der Waals surface area contributed by atoms with Gasteiger partial charge in [-0.3, -0.25) is 0 Å². The van der Waals surface area contributed by atoms with Crippen molar-refractivity contribution in [3.8, 4) is 0 Å². The average molecular weight is 279 g/mol. The molecule has 1 rings (SSSR count). The Bertz CT molecular complexity index is 421. The van der Waals surface area contributed by atoms with E-state index in [-0.39, 0.29) is 12.1 Å². The van der Waals surface area contributed by atoms with Crippen LogP contribution in [0.15, 0.2) is 24.3 Å². The van der Waals surface area contributed by atoms with Crippen molar-refractivity contribution in [2.45, 2.75) is 32.4 Å². The molecule has 0 saturated carbocycles. The van der Waals surface area contributed by atoms with Crippen molar-refractivity contribution in [2.24, 2.45) is 0 Å². The predicted octanol–water partition coefficient (Wildman–Crippen LogP) is 2.03. The van der Waals surface area contributed by atoms with E-state index in [0.717, 1.165) is 17.8 Å². The second-order valence-electron chi connectivity index (χ2n) is 5.17. The van der Waals surface area contributed by atoms with Crippen LogP contribution in [0.25, 0.3) is 0 Å². The molecule has 0 fully saturated rings. The molecule has 0 bridgehead atoms. The van der Waals surface area contributed by atoms with E-state index >= 15 is 0 Å². The second kappa shape index (κ2) is 8.55. The SMILES string of the molecule is CCC(O)CCNC(=O)Nc1cccc(CN(C)C)c1. The summed E-state index contributed by atoms with van der Waals surface area (Å²) in [5, 5.41) is 14.9. The van der Waals surface area contributed by atoms with Crippen LogP contribution in [0.2, 0.25) is 0 Å². The van der Waals surface area contributed by atoms with E-state index in [1.165, 1.54) is 0 Å². The lowest BCUT2D eigenvalue weighted by molar-refractivity contribution is 0.160. The highest BCUT2D eigenvalue weighted by molar-refractivity contribution is 5.89. The summed E-state index contributed by atoms with van der Waals surface area (Å²) in [6.45, 7) is 3.22. The first-order valence-corrected chi connectivity index (χ1v) is 6.98. The highest BCUT2D eigenvalue weighted by Gasteiger charge is 2.04. The number of nitrogens with one attached hydrogen (secondary N) is 2. The van der Waals surface area contributed by atoms with Crippen molar-refractivity contribution >= 4 is 11.7 Å². The summed E-state index contributed by atoms with van der Waals surface area (Å²) >= 11 is 0. The van der Waals surface area contributed by atoms with Gasteiger partial charge in [-0.1, -0.05) is 19.1 Å². The standard InChI is InChI=1S/C15H25N3O2/c1-4-14(19)8-9-16-15(20)17-13-7-5-6-12(10-13)11-18(2)3/h5-7,10,14,19H,4,8-9,11H2,1-3H3,(H2,16,17,20). The molecule has 1 aromatic carbocycles. The maximum absolute atomic E-state index is 11.7. The maximum atomic E-state index is 11.7. The number of aliphatic hydroxyl groups is 1. The zero-order valence-corrected chi connectivity index (χ0v) is 12.5. The number of nitrogens with zero attached hydrogens (tertiary/aromatic N) is 1. The van der Waals surface area contributed by atoms with E-state index in [9.17, 15) is 9.90 Å². The van der Waals surface area contributed by atoms with Gasteiger partial charge in [-0.05, 0) is 44.6 Å². The Hall–Kier alpha value is -1.59. The highest BCUT2D eigenvalue weighted by Crippen LogP contribution is 2.11. The summed E-state index contributed by atoms with van der Waals surface area (Å²) in [6.07, 6.45) is 0.930. The third kappa shape index (κ3) is 6.54. The fourth-order valence-electron chi connectivity index (χ4n) is 1.84. The van der Waals surface area contributed by atoms with E-state index in [4.69, 9.17) is 0 Å². The van der Waals surface area contributed by atoms with Crippen LogP contribution in [0, 0.1) is 0 Å². The van der Waals surface area contributed by atoms with Gasteiger partial charge < -0.3 is 20.6 Å². The van der Waals surface area contributed by atoms with Crippen molar-refractivity contribution in [1.29, 1.82) is 0 Å². The molecule has 0 heterocycles. The summed E-state index contributed by atoms with van der Waals surface area (Å²) in [7, 11) is 4.01. The van der Waals surface area contributed by atoms with Crippen LogP contribution < -0.4 is 10.6 Å². The average Bonchev–Trinajstić information content (AvgIpc) is 2.38. The van der Waals surface area contributed by atoms with Crippen molar-refractivity contribution < 1.29 is 9.90 Å². The quantitative estimate of drug-likeness (QED) is 0.715. The Morgan fingerprint density at radius 1 is 1.40 bits per heavy atom. The van der Waals surface area contributed by atoms with Gasteiger partial charge in [-0.2, -0.15) is 0 Å². The molecule has 0 aromatic heterocycles. The van der Waals surface area contributed by atoms with Gasteiger partial charge in [-0.25, -0.2) is 4.79 Å². The minimum absolute atomic E-state index is 0.240. The van der Waals surface area contributed by atoms with Crippen LogP contribution in [0.3, 0.4) is 0 Å². The molecule has 0 saturated heterocycles. The molecular formula is C15H25N3O2. The minimum atomic E-state index is -0.348. The van der Waals surface area contributed by atoms with Crippen LogP contribution in [-0.2, 0) is 6.54 Å². The number of aliphatic hydroxyl groups excluding tert-OH is 1. The molecule has 0 aliphatic carbocycles. The molecule has 1 unspecified atom stereocenters. The molecule has 0 radical (unpaired) electrons. The third-order valence-corrected chi connectivity index (χ3v) is 2.92. The Morgan fingerprint density at radius 2 is 2.15 bits per heavy atom. The van der Waals surface area contributed by atoms with Gasteiger partial charge in [0, 0.05) is 18.8 Å². The van der Waals surface area contributed by atoms with Crippen molar-refractivity contribution in [1.82, 2.24) is 10.2 Å². The van der Waals surface area contributed by atoms with Gasteiger partial charge in [0.2, 0.25) is 0 Å². The lowest BCUT2D eigenvalue weighted by Crippen LogP contribution is -2.31. The number of hydrogen-bond acceptors (Lipinski definition) is 3. The highest BCUT2D eigenvalue weighted by atomic mass is 16.3. The Balaban J connectivity index is 2.41. The summed E-state index contributed by atoms with van der Waals surface area (Å²) in [5.41, 5.74) is 1.92. The van der Waals surface area contributed by atoms with Crippen molar-refractivity contribution in [2.75, 3.05) is 26.0 Å². The number of rotatable bonds is 7. The second-order valence-corrected chi connectivity index (χ2v) is 5.17. The third-order valence-electron chi connectivity index (χ3n) is 2.92. The van der Waals surface area contributed by atoms with Crippen LogP contribution in [0.5, 0.6) is 0 Å². The largest absolute Gasteiger partial charge is 0.393 e. The molecule has 2 amide bonds. The molecule has 112 valence electrons. The van der Waals surface area contributed by atoms with Gasteiger partial charge in [0.15, 0.2) is 0 Å². The van der Waals surface area contributed by atoms with E-state index in [1.54, 1.807) is 0 Å². The number of carbonyl (C=O) groups is 1. The molecule has 1 atom stereocenters. The minimum Gasteiger partial charge on any atom is -0.393 e. The zero-order chi connectivity index (χ0) is 15.0. The number of benzene rings is 1. The number of hydrogen-bond donors (Lipinski definition) is 3. The number of urea groups is 1. The number of carbonyl (C=O) groups excluding carboxylic acids is 1. The molecule has 20 heavy (non-hydrogen) atoms. The molecule has 0 aliphatic rings. The van der Waals surface area contributed by atoms with Crippen LogP contribution in [0.4, 0.5) is 10.5 Å². The zero-order valence-electron chi connectivity index (χ0n) is 12.5. The number of amides is 2. The first kappa shape index (κ1) is 16.5. The van der Waals surface area contributed by atoms with Gasteiger partial charge in [0.25, 0.3) is 0 Å². The first-order valence-electron chi connectivity index (χ1n) is 6.98. The lowest BCUT2D eigenvalue weighted by atomic mass is 10.2. The normalized spacial score (nSPS) is 12.2. The van der Waals surface area contributed by atoms with E-state index < -0.39 is 0 Å². The van der Waals surface area contributed by atoms with E-state index in [0.29, 0.717) is 19.4 Å². The van der Waals surface area contributed by atoms with Crippen molar-refractivity contribution in [3.63, 3.8) is 0 Å². The Morgan fingerprint density at radius 3 is 2.80 bits per heavy atom. The monoisotopic (exact) mass is 279 g/mol. The molecular weight excluding hydrogens is 254 g/mol. The molecule has 1 aromatic rings. The van der Waals surface area contributed by atoms with E-state index in [1.807, 2.05) is 45.3 Å². The lowest BCUT2D eigenvalue weighted by Gasteiger charge is -2.12. The van der Waals surface area contributed by atoms with Crippen LogP contribution in [0.1, 0.15) is 25.3 Å². The summed E-state index contributed by atoms with van der Waals surface area (Å²) in [5.74, 6) is 0.